The fraction of sp³-hybridized carbons (Fsp3) is 0.312. The topological polar surface area (TPSA) is 92.3 Å². The van der Waals surface area contributed by atoms with E-state index in [0.29, 0.717) is 37.6 Å². The minimum atomic E-state index is -0.725. The van der Waals surface area contributed by atoms with Gasteiger partial charge in [-0.3, -0.25) is 4.79 Å². The van der Waals surface area contributed by atoms with Gasteiger partial charge >= 0.3 is 5.97 Å². The normalized spacial score (nSPS) is 15.7. The van der Waals surface area contributed by atoms with Crippen molar-refractivity contribution in [3.8, 4) is 11.3 Å². The van der Waals surface area contributed by atoms with Crippen LogP contribution in [0.1, 0.15) is 12.8 Å². The van der Waals surface area contributed by atoms with Gasteiger partial charge in [0.2, 0.25) is 0 Å². The van der Waals surface area contributed by atoms with Crippen molar-refractivity contribution in [2.24, 2.45) is 5.92 Å². The average Bonchev–Trinajstić information content (AvgIpc) is 2.56. The van der Waals surface area contributed by atoms with Crippen LogP contribution in [0.25, 0.3) is 11.3 Å². The van der Waals surface area contributed by atoms with Crippen molar-refractivity contribution in [3.05, 3.63) is 36.5 Å². The van der Waals surface area contributed by atoms with Gasteiger partial charge in [-0.2, -0.15) is 0 Å². The molecule has 0 bridgehead atoms. The highest BCUT2D eigenvalue weighted by Gasteiger charge is 2.26. The van der Waals surface area contributed by atoms with Crippen LogP contribution in [-0.4, -0.2) is 34.1 Å². The number of nitrogen functional groups attached to an aromatic ring is 1. The maximum atomic E-state index is 11.0. The Kier molecular flexibility index (Phi) is 3.91. The van der Waals surface area contributed by atoms with Gasteiger partial charge in [-0.25, -0.2) is 9.97 Å². The Bertz CT molecular complexity index is 667. The van der Waals surface area contributed by atoms with E-state index in [1.807, 2.05) is 35.2 Å². The Balaban J connectivity index is 1.84. The smallest absolute Gasteiger partial charge is 0.306 e. The number of nitrogens with two attached hydrogens (primary N) is 1. The van der Waals surface area contributed by atoms with Crippen LogP contribution >= 0.6 is 0 Å². The molecule has 1 aliphatic heterocycles. The molecule has 0 saturated carbocycles. The molecule has 22 heavy (non-hydrogen) atoms. The molecule has 0 unspecified atom stereocenters. The summed E-state index contributed by atoms with van der Waals surface area (Å²) in [5.41, 5.74) is 7.71. The first-order chi connectivity index (χ1) is 10.6. The second kappa shape index (κ2) is 6.01. The molecule has 2 heterocycles. The fourth-order valence-corrected chi connectivity index (χ4v) is 2.71. The molecule has 0 spiro atoms. The van der Waals surface area contributed by atoms with Crippen molar-refractivity contribution in [1.29, 1.82) is 0 Å². The highest BCUT2D eigenvalue weighted by Crippen LogP contribution is 2.27. The minimum absolute atomic E-state index is 0.275. The lowest BCUT2D eigenvalue weighted by Crippen LogP contribution is -2.37. The van der Waals surface area contributed by atoms with Gasteiger partial charge in [0.25, 0.3) is 0 Å². The summed E-state index contributed by atoms with van der Waals surface area (Å²) in [7, 11) is 0. The Morgan fingerprint density at radius 3 is 2.55 bits per heavy atom. The predicted molar refractivity (Wildman–Crippen MR) is 84.5 cm³/mol. The molecule has 6 nitrogen and oxygen atoms in total. The number of hydrogen-bond acceptors (Lipinski definition) is 5. The van der Waals surface area contributed by atoms with Crippen molar-refractivity contribution < 1.29 is 9.90 Å². The minimum Gasteiger partial charge on any atom is -0.481 e. The number of aliphatic carboxylic acids is 1. The molecule has 6 heteroatoms. The highest BCUT2D eigenvalue weighted by molar-refractivity contribution is 5.71. The number of anilines is 2. The zero-order valence-electron chi connectivity index (χ0n) is 12.1. The molecular formula is C16H18N4O2. The molecule has 3 N–H and O–H groups in total. The fourth-order valence-electron chi connectivity index (χ4n) is 2.71. The van der Waals surface area contributed by atoms with Crippen LogP contribution in [0.3, 0.4) is 0 Å². The van der Waals surface area contributed by atoms with Crippen LogP contribution in [0.15, 0.2) is 36.5 Å². The van der Waals surface area contributed by atoms with Gasteiger partial charge in [0, 0.05) is 18.7 Å². The van der Waals surface area contributed by atoms with Gasteiger partial charge in [-0.15, -0.1) is 0 Å². The first-order valence-corrected chi connectivity index (χ1v) is 7.31. The monoisotopic (exact) mass is 298 g/mol. The predicted octanol–water partition coefficient (Wildman–Crippen LogP) is 2.03. The molecule has 0 atom stereocenters. The van der Waals surface area contributed by atoms with Gasteiger partial charge in [-0.1, -0.05) is 30.3 Å². The van der Waals surface area contributed by atoms with Gasteiger partial charge in [0.1, 0.15) is 0 Å². The van der Waals surface area contributed by atoms with E-state index in [0.717, 1.165) is 11.3 Å². The quantitative estimate of drug-likeness (QED) is 0.900. The number of benzene rings is 1. The number of hydrogen-bond donors (Lipinski definition) is 2. The van der Waals surface area contributed by atoms with Crippen LogP contribution in [0.4, 0.5) is 11.6 Å². The Hall–Kier alpha value is -2.63. The van der Waals surface area contributed by atoms with E-state index in [-0.39, 0.29) is 5.92 Å². The number of aromatic nitrogens is 2. The molecule has 0 amide bonds. The molecule has 1 aromatic carbocycles. The summed E-state index contributed by atoms with van der Waals surface area (Å²) < 4.78 is 0. The SMILES string of the molecule is Nc1ncc(-c2ccccc2)nc1N1CCC(C(=O)O)CC1. The van der Waals surface area contributed by atoms with Crippen molar-refractivity contribution in [2.45, 2.75) is 12.8 Å². The van der Waals surface area contributed by atoms with Gasteiger partial charge in [-0.05, 0) is 12.8 Å². The first kappa shape index (κ1) is 14.3. The summed E-state index contributed by atoms with van der Waals surface area (Å²) in [6.45, 7) is 1.27. The van der Waals surface area contributed by atoms with Gasteiger partial charge in [0.15, 0.2) is 11.6 Å². The van der Waals surface area contributed by atoms with Crippen molar-refractivity contribution in [3.63, 3.8) is 0 Å². The summed E-state index contributed by atoms with van der Waals surface area (Å²) >= 11 is 0. The summed E-state index contributed by atoms with van der Waals surface area (Å²) in [6.07, 6.45) is 2.87. The maximum Gasteiger partial charge on any atom is 0.306 e. The maximum absolute atomic E-state index is 11.0. The van der Waals surface area contributed by atoms with E-state index in [2.05, 4.69) is 9.97 Å². The Morgan fingerprint density at radius 1 is 1.23 bits per heavy atom. The largest absolute Gasteiger partial charge is 0.481 e. The summed E-state index contributed by atoms with van der Waals surface area (Å²) in [5.74, 6) is 0.0260. The van der Waals surface area contributed by atoms with Gasteiger partial charge in [0.05, 0.1) is 17.8 Å². The molecule has 0 radical (unpaired) electrons. The first-order valence-electron chi connectivity index (χ1n) is 7.31. The number of nitrogens with zero attached hydrogens (tertiary/aromatic N) is 3. The Morgan fingerprint density at radius 2 is 1.91 bits per heavy atom. The number of carboxylic acid groups (broad SMARTS) is 1. The standard InChI is InChI=1S/C16H18N4O2/c17-14-15(20-8-6-12(7-9-20)16(21)22)19-13(10-18-14)11-4-2-1-3-5-11/h1-5,10,12H,6-9H2,(H2,17,18)(H,21,22). The highest BCUT2D eigenvalue weighted by atomic mass is 16.4. The van der Waals surface area contributed by atoms with E-state index in [1.54, 1.807) is 6.20 Å². The number of rotatable bonds is 3. The third kappa shape index (κ3) is 2.86. The lowest BCUT2D eigenvalue weighted by Gasteiger charge is -2.31. The molecule has 1 aliphatic rings. The third-order valence-corrected chi connectivity index (χ3v) is 3.99. The average molecular weight is 298 g/mol. The second-order valence-electron chi connectivity index (χ2n) is 5.43. The molecule has 3 rings (SSSR count). The van der Waals surface area contributed by atoms with E-state index in [9.17, 15) is 4.79 Å². The summed E-state index contributed by atoms with van der Waals surface area (Å²) in [5, 5.41) is 9.07. The molecule has 2 aromatic rings. The molecule has 1 aromatic heterocycles. The molecular weight excluding hydrogens is 280 g/mol. The number of piperidine rings is 1. The van der Waals surface area contributed by atoms with Crippen LogP contribution in [0, 0.1) is 5.92 Å². The van der Waals surface area contributed by atoms with Crippen molar-refractivity contribution in [2.75, 3.05) is 23.7 Å². The zero-order chi connectivity index (χ0) is 15.5. The zero-order valence-corrected chi connectivity index (χ0v) is 12.1. The van der Waals surface area contributed by atoms with E-state index in [4.69, 9.17) is 10.8 Å². The lowest BCUT2D eigenvalue weighted by molar-refractivity contribution is -0.142. The van der Waals surface area contributed by atoms with Crippen LogP contribution in [-0.2, 0) is 4.79 Å². The molecule has 1 fully saturated rings. The van der Waals surface area contributed by atoms with E-state index in [1.165, 1.54) is 0 Å². The molecule has 1 saturated heterocycles. The van der Waals surface area contributed by atoms with Crippen molar-refractivity contribution >= 4 is 17.6 Å². The van der Waals surface area contributed by atoms with Crippen LogP contribution in [0.5, 0.6) is 0 Å². The van der Waals surface area contributed by atoms with E-state index >= 15 is 0 Å². The van der Waals surface area contributed by atoms with E-state index < -0.39 is 5.97 Å². The van der Waals surface area contributed by atoms with Crippen LogP contribution in [0.2, 0.25) is 0 Å². The lowest BCUT2D eigenvalue weighted by atomic mass is 9.97. The van der Waals surface area contributed by atoms with Gasteiger partial charge < -0.3 is 15.7 Å². The second-order valence-corrected chi connectivity index (χ2v) is 5.43. The number of carboxylic acids is 1. The summed E-state index contributed by atoms with van der Waals surface area (Å²) in [6, 6.07) is 9.80. The number of carbonyl (C=O) groups is 1. The summed E-state index contributed by atoms with van der Waals surface area (Å²) in [4.78, 5) is 21.9. The molecule has 114 valence electrons. The molecule has 0 aliphatic carbocycles. The van der Waals surface area contributed by atoms with Crippen LogP contribution < -0.4 is 10.6 Å². The Labute approximate surface area is 128 Å². The third-order valence-electron chi connectivity index (χ3n) is 3.99. The van der Waals surface area contributed by atoms with Crippen molar-refractivity contribution in [1.82, 2.24) is 9.97 Å².